The van der Waals surface area contributed by atoms with Crippen LogP contribution >= 0.6 is 0 Å². The summed E-state index contributed by atoms with van der Waals surface area (Å²) in [5.41, 5.74) is 4.76. The van der Waals surface area contributed by atoms with Crippen molar-refractivity contribution in [2.24, 2.45) is 0 Å². The van der Waals surface area contributed by atoms with Crippen LogP contribution in [0.4, 0.5) is 0 Å². The van der Waals surface area contributed by atoms with Gasteiger partial charge in [-0.25, -0.2) is 4.98 Å². The van der Waals surface area contributed by atoms with Gasteiger partial charge in [-0.05, 0) is 123 Å². The van der Waals surface area contributed by atoms with Gasteiger partial charge in [0.15, 0.2) is 0 Å². The summed E-state index contributed by atoms with van der Waals surface area (Å²) in [7, 11) is 0. The van der Waals surface area contributed by atoms with E-state index in [0.717, 1.165) is 5.56 Å². The van der Waals surface area contributed by atoms with Crippen molar-refractivity contribution in [3.63, 3.8) is 0 Å². The number of benzene rings is 6. The molecule has 0 fully saturated rings. The van der Waals surface area contributed by atoms with Gasteiger partial charge in [0.2, 0.25) is 0 Å². The molecule has 65 heavy (non-hydrogen) atoms. The fourth-order valence-electron chi connectivity index (χ4n) is 7.93. The SMILES string of the molecule is [2H]c1nc(-c2[c-]c(-c3cccc4c3nc(-c3cc(C(C)C)cc(C(C)C)c3O)n4-c3ccc(-c4cc(C([2H])(C)C)cc(C([2H])(C)C)c4)cc3C([2H])([2H])[2H])cc(C(C)(C)C)c2)c([2H])c(-c2c([2H])c([2H])c(C([2H])([2H])[2H])c([2H])c2[2H])c1[2H].[Pt]. The van der Waals surface area contributed by atoms with Gasteiger partial charge < -0.3 is 5.11 Å². The van der Waals surface area contributed by atoms with Crippen LogP contribution in [-0.2, 0) is 26.5 Å². The van der Waals surface area contributed by atoms with E-state index in [2.05, 4.69) is 11.1 Å². The molecule has 0 atom stereocenters. The Balaban J connectivity index is 0.00000924. The number of phenols is 1. The second kappa shape index (κ2) is 18.7. The molecule has 6 aromatic carbocycles. The molecule has 2 heterocycles. The van der Waals surface area contributed by atoms with Crippen LogP contribution in [-0.4, -0.2) is 19.6 Å². The summed E-state index contributed by atoms with van der Waals surface area (Å²) in [5, 5.41) is 12.4. The molecule has 0 radical (unpaired) electrons. The Hall–Kier alpha value is -5.57. The third kappa shape index (κ3) is 9.57. The third-order valence-electron chi connectivity index (χ3n) is 11.8. The maximum atomic E-state index is 12.4. The van der Waals surface area contributed by atoms with E-state index in [4.69, 9.17) is 24.2 Å². The maximum absolute atomic E-state index is 12.4. The molecule has 0 aliphatic rings. The standard InChI is InChI=1S/C60H64N3O.Pt/c1-35(2)44-26-45(36(3)4)28-47(27-44)42-21-22-55(40(10)25-42)63-56-16-14-15-51(57(56)62-59(63)53-33-46(37(5)6)32-52(38(7)8)58(53)64)48-29-49(31-50(30-48)60(11,12)13)54-34-43(23-24-61-54)41-19-17-39(9)18-20-41;/h14-28,30-38,64H,1-13H3;/q-1;/i9D3,10D3,17D,18D,19D,20D,23D,24D,34D,35D,36D;. The Morgan fingerprint density at radius 3 is 2.03 bits per heavy atom. The summed E-state index contributed by atoms with van der Waals surface area (Å²) in [4.78, 5) is 9.75. The van der Waals surface area contributed by atoms with Gasteiger partial charge in [-0.2, -0.15) is 0 Å². The monoisotopic (exact) mass is 1050 g/mol. The molecule has 336 valence electrons. The van der Waals surface area contributed by atoms with E-state index in [-0.39, 0.29) is 67.0 Å². The number of para-hydroxylation sites is 1. The van der Waals surface area contributed by atoms with Crippen molar-refractivity contribution in [1.29, 1.82) is 0 Å². The zero-order valence-corrected chi connectivity index (χ0v) is 41.0. The fraction of sp³-hybridized carbons (Fsp3) is 0.300. The molecular formula is C60H64N3OPt-. The first-order valence-electron chi connectivity index (χ1n) is 29.2. The molecule has 0 saturated heterocycles. The van der Waals surface area contributed by atoms with Crippen molar-refractivity contribution in [2.75, 3.05) is 0 Å². The molecule has 8 aromatic rings. The number of aromatic hydroxyl groups is 1. The number of hydrogen-bond acceptors (Lipinski definition) is 3. The summed E-state index contributed by atoms with van der Waals surface area (Å²) < 4.78 is 133. The fourth-order valence-corrected chi connectivity index (χ4v) is 7.93. The van der Waals surface area contributed by atoms with Gasteiger partial charge >= 0.3 is 0 Å². The summed E-state index contributed by atoms with van der Waals surface area (Å²) in [5.74, 6) is -1.97. The second-order valence-electron chi connectivity index (χ2n) is 18.7. The van der Waals surface area contributed by atoms with E-state index < -0.39 is 90.0 Å². The molecule has 0 spiro atoms. The Bertz CT molecular complexity index is 3700. The van der Waals surface area contributed by atoms with Gasteiger partial charge in [0, 0.05) is 43.9 Å². The van der Waals surface area contributed by atoms with E-state index in [9.17, 15) is 6.48 Å². The Morgan fingerprint density at radius 2 is 1.40 bits per heavy atom. The van der Waals surface area contributed by atoms with Gasteiger partial charge in [0.1, 0.15) is 11.6 Å². The first-order valence-corrected chi connectivity index (χ1v) is 21.7. The van der Waals surface area contributed by atoms with Crippen molar-refractivity contribution >= 4 is 11.0 Å². The van der Waals surface area contributed by atoms with Crippen LogP contribution in [0.15, 0.2) is 121 Å². The number of aryl methyl sites for hydroxylation is 1. The van der Waals surface area contributed by atoms with Gasteiger partial charge in [-0.15, -0.1) is 29.3 Å². The molecule has 2 aromatic heterocycles. The number of hydrogen-bond donors (Lipinski definition) is 1. The first kappa shape index (κ1) is 31.4. The molecule has 4 nitrogen and oxygen atoms in total. The molecule has 0 bridgehead atoms. The Kier molecular flexibility index (Phi) is 9.04. The van der Waals surface area contributed by atoms with Gasteiger partial charge in [0.05, 0.1) is 31.9 Å². The van der Waals surface area contributed by atoms with E-state index in [0.29, 0.717) is 61.1 Å². The van der Waals surface area contributed by atoms with Gasteiger partial charge in [0.25, 0.3) is 0 Å². The number of pyridine rings is 1. The molecule has 5 heteroatoms. The molecule has 1 N–H and O–H groups in total. The minimum Gasteiger partial charge on any atom is -0.507 e. The zero-order chi connectivity index (χ0) is 58.7. The minimum absolute atomic E-state index is 0. The molecule has 0 unspecified atom stereocenters. The van der Waals surface area contributed by atoms with Crippen molar-refractivity contribution in [3.05, 3.63) is 166 Å². The number of rotatable bonds is 10. The third-order valence-corrected chi connectivity index (χ3v) is 11.8. The van der Waals surface area contributed by atoms with Crippen LogP contribution in [0.1, 0.15) is 159 Å². The molecule has 0 amide bonds. The number of imidazole rings is 1. The largest absolute Gasteiger partial charge is 0.507 e. The van der Waals surface area contributed by atoms with Crippen LogP contribution in [0.3, 0.4) is 0 Å². The molecule has 0 aliphatic heterocycles. The Morgan fingerprint density at radius 1 is 0.692 bits per heavy atom. The van der Waals surface area contributed by atoms with Crippen molar-refractivity contribution in [3.8, 4) is 67.5 Å². The summed E-state index contributed by atoms with van der Waals surface area (Å²) in [6, 6.07) is 22.5. The predicted octanol–water partition coefficient (Wildman–Crippen LogP) is 16.7. The van der Waals surface area contributed by atoms with Gasteiger partial charge in [-0.3, -0.25) is 9.55 Å². The Labute approximate surface area is 423 Å². The number of fused-ring (bicyclic) bond motifs is 1. The number of aromatic nitrogens is 3. The zero-order valence-electron chi connectivity index (χ0n) is 53.8. The van der Waals surface area contributed by atoms with Crippen LogP contribution in [0.2, 0.25) is 0 Å². The second-order valence-corrected chi connectivity index (χ2v) is 18.7. The number of phenolic OH excluding ortho intramolecular Hbond substituents is 1. The normalized spacial score (nSPS) is 16.0. The van der Waals surface area contributed by atoms with Gasteiger partial charge in [-0.1, -0.05) is 166 Å². The first-order chi connectivity index (χ1) is 36.3. The number of nitrogens with zero attached hydrogens (tertiary/aromatic N) is 3. The van der Waals surface area contributed by atoms with Crippen molar-refractivity contribution < 1.29 is 46.7 Å². The maximum Gasteiger partial charge on any atom is 0.148 e. The molecule has 0 saturated carbocycles. The van der Waals surface area contributed by atoms with E-state index in [1.165, 1.54) is 0 Å². The predicted molar refractivity (Wildman–Crippen MR) is 271 cm³/mol. The van der Waals surface area contributed by atoms with E-state index in [1.807, 2.05) is 97.0 Å². The van der Waals surface area contributed by atoms with Crippen LogP contribution in [0.5, 0.6) is 5.75 Å². The topological polar surface area (TPSA) is 50.9 Å². The molecule has 8 rings (SSSR count). The van der Waals surface area contributed by atoms with Crippen LogP contribution in [0.25, 0.3) is 72.7 Å². The smallest absolute Gasteiger partial charge is 0.148 e. The summed E-state index contributed by atoms with van der Waals surface area (Å²) >= 11 is 0. The average Bonchev–Trinajstić information content (AvgIpc) is 3.73. The summed E-state index contributed by atoms with van der Waals surface area (Å²) in [6.07, 6.45) is -0.645. The minimum atomic E-state index is -3.01. The summed E-state index contributed by atoms with van der Waals surface area (Å²) in [6.45, 7) is 15.3. The van der Waals surface area contributed by atoms with Crippen molar-refractivity contribution in [2.45, 2.75) is 119 Å². The van der Waals surface area contributed by atoms with Crippen molar-refractivity contribution in [1.82, 2.24) is 14.5 Å². The average molecular weight is 1050 g/mol. The van der Waals surface area contributed by atoms with E-state index in [1.54, 1.807) is 62.6 Å². The quantitative estimate of drug-likeness (QED) is 0.139. The van der Waals surface area contributed by atoms with E-state index >= 15 is 0 Å². The molecular weight excluding hydrogens is 974 g/mol. The van der Waals surface area contributed by atoms with Crippen LogP contribution < -0.4 is 0 Å². The van der Waals surface area contributed by atoms with Crippen LogP contribution in [0, 0.1) is 19.8 Å². The molecule has 0 aliphatic carbocycles.